The van der Waals surface area contributed by atoms with Gasteiger partial charge < -0.3 is 4.90 Å². The Morgan fingerprint density at radius 3 is 2.33 bits per heavy atom. The third-order valence-electron chi connectivity index (χ3n) is 3.49. The van der Waals surface area contributed by atoms with Crippen LogP contribution < -0.4 is 0 Å². The Bertz CT molecular complexity index is 746. The molecule has 0 fully saturated rings. The van der Waals surface area contributed by atoms with Crippen LogP contribution in [-0.4, -0.2) is 28.8 Å². The highest BCUT2D eigenvalue weighted by Gasteiger charge is 2.20. The van der Waals surface area contributed by atoms with Gasteiger partial charge in [0.1, 0.15) is 0 Å². The van der Waals surface area contributed by atoms with Crippen LogP contribution in [0.4, 0.5) is 5.69 Å². The predicted octanol–water partition coefficient (Wildman–Crippen LogP) is 4.99. The van der Waals surface area contributed by atoms with E-state index in [0.717, 1.165) is 9.37 Å². The lowest BCUT2D eigenvalue weighted by Crippen LogP contribution is -2.30. The third kappa shape index (κ3) is 4.36. The van der Waals surface area contributed by atoms with Crippen molar-refractivity contribution >= 4 is 39.3 Å². The monoisotopic (exact) mass is 408 g/mol. The molecule has 0 radical (unpaired) electrons. The van der Waals surface area contributed by atoms with E-state index in [0.29, 0.717) is 23.5 Å². The van der Waals surface area contributed by atoms with Crippen LogP contribution >= 0.6 is 27.7 Å². The van der Waals surface area contributed by atoms with Gasteiger partial charge in [-0.1, -0.05) is 27.7 Å². The molecule has 1 amide bonds. The summed E-state index contributed by atoms with van der Waals surface area (Å²) < 4.78 is 0.946. The number of halogens is 1. The standard InChI is InChI=1S/C17H17BrN2O3S/c1-3-19(4-2)17(21)12-5-10-16(15(11-12)20(22)23)24-14-8-6-13(18)7-9-14/h5-11H,3-4H2,1-2H3. The lowest BCUT2D eigenvalue weighted by Gasteiger charge is -2.18. The van der Waals surface area contributed by atoms with Crippen molar-refractivity contribution in [3.8, 4) is 0 Å². The van der Waals surface area contributed by atoms with Crippen molar-refractivity contribution in [1.29, 1.82) is 0 Å². The first-order valence-corrected chi connectivity index (χ1v) is 9.08. The van der Waals surface area contributed by atoms with E-state index in [9.17, 15) is 14.9 Å². The molecule has 0 aliphatic carbocycles. The van der Waals surface area contributed by atoms with Gasteiger partial charge in [0.25, 0.3) is 11.6 Å². The van der Waals surface area contributed by atoms with Crippen LogP contribution in [0.5, 0.6) is 0 Å². The van der Waals surface area contributed by atoms with Crippen LogP contribution in [0, 0.1) is 10.1 Å². The minimum Gasteiger partial charge on any atom is -0.339 e. The fraction of sp³-hybridized carbons (Fsp3) is 0.235. The number of carbonyl (C=O) groups excluding carboxylic acids is 1. The Hall–Kier alpha value is -1.86. The summed E-state index contributed by atoms with van der Waals surface area (Å²) in [5, 5.41) is 11.4. The van der Waals surface area contributed by atoms with E-state index in [2.05, 4.69) is 15.9 Å². The molecule has 2 aromatic rings. The highest BCUT2D eigenvalue weighted by Crippen LogP contribution is 2.36. The molecule has 0 aliphatic heterocycles. The minimum absolute atomic E-state index is 0.0547. The maximum Gasteiger partial charge on any atom is 0.284 e. The minimum atomic E-state index is -0.444. The van der Waals surface area contributed by atoms with Crippen molar-refractivity contribution in [1.82, 2.24) is 4.90 Å². The molecule has 0 saturated carbocycles. The number of rotatable bonds is 6. The van der Waals surface area contributed by atoms with Gasteiger partial charge in [0, 0.05) is 34.1 Å². The topological polar surface area (TPSA) is 63.5 Å². The molecule has 0 bridgehead atoms. The molecular formula is C17H17BrN2O3S. The van der Waals surface area contributed by atoms with E-state index < -0.39 is 4.92 Å². The fourth-order valence-electron chi connectivity index (χ4n) is 2.20. The zero-order valence-corrected chi connectivity index (χ0v) is 15.8. The average molecular weight is 409 g/mol. The molecule has 0 spiro atoms. The smallest absolute Gasteiger partial charge is 0.284 e. The first kappa shape index (κ1) is 18.5. The average Bonchev–Trinajstić information content (AvgIpc) is 2.58. The number of nitro groups is 1. The molecule has 7 heteroatoms. The Balaban J connectivity index is 2.34. The van der Waals surface area contributed by atoms with E-state index in [1.54, 1.807) is 17.0 Å². The maximum atomic E-state index is 12.4. The van der Waals surface area contributed by atoms with Gasteiger partial charge >= 0.3 is 0 Å². The van der Waals surface area contributed by atoms with Gasteiger partial charge in [0.2, 0.25) is 0 Å². The third-order valence-corrected chi connectivity index (χ3v) is 5.10. The number of nitro benzene ring substituents is 1. The van der Waals surface area contributed by atoms with E-state index in [1.807, 2.05) is 38.1 Å². The first-order chi connectivity index (χ1) is 11.5. The van der Waals surface area contributed by atoms with Crippen LogP contribution in [-0.2, 0) is 0 Å². The molecule has 0 unspecified atom stereocenters. The van der Waals surface area contributed by atoms with Gasteiger partial charge in [-0.15, -0.1) is 0 Å². The van der Waals surface area contributed by atoms with Crippen LogP contribution in [0.3, 0.4) is 0 Å². The molecule has 0 saturated heterocycles. The van der Waals surface area contributed by atoms with Crippen molar-refractivity contribution in [2.45, 2.75) is 23.6 Å². The molecular weight excluding hydrogens is 392 g/mol. The number of nitrogens with zero attached hydrogens (tertiary/aromatic N) is 2. The van der Waals surface area contributed by atoms with Crippen molar-refractivity contribution in [3.63, 3.8) is 0 Å². The van der Waals surface area contributed by atoms with Crippen molar-refractivity contribution < 1.29 is 9.72 Å². The van der Waals surface area contributed by atoms with Gasteiger partial charge in [-0.2, -0.15) is 0 Å². The second kappa shape index (κ2) is 8.30. The lowest BCUT2D eigenvalue weighted by molar-refractivity contribution is -0.387. The van der Waals surface area contributed by atoms with Crippen LogP contribution in [0.2, 0.25) is 0 Å². The number of amides is 1. The molecule has 2 rings (SSSR count). The summed E-state index contributed by atoms with van der Waals surface area (Å²) >= 11 is 4.67. The van der Waals surface area contributed by atoms with Gasteiger partial charge in [-0.3, -0.25) is 14.9 Å². The van der Waals surface area contributed by atoms with Crippen molar-refractivity contribution in [3.05, 3.63) is 62.6 Å². The molecule has 5 nitrogen and oxygen atoms in total. The van der Waals surface area contributed by atoms with E-state index in [4.69, 9.17) is 0 Å². The van der Waals surface area contributed by atoms with Crippen LogP contribution in [0.1, 0.15) is 24.2 Å². The zero-order valence-electron chi connectivity index (χ0n) is 13.4. The molecule has 0 atom stereocenters. The second-order valence-electron chi connectivity index (χ2n) is 4.97. The normalized spacial score (nSPS) is 10.5. The Labute approximate surface area is 153 Å². The molecule has 126 valence electrons. The molecule has 2 aromatic carbocycles. The van der Waals surface area contributed by atoms with Gasteiger partial charge in [0.05, 0.1) is 9.82 Å². The molecule has 0 aromatic heterocycles. The number of carbonyl (C=O) groups is 1. The summed E-state index contributed by atoms with van der Waals surface area (Å²) in [4.78, 5) is 26.4. The Kier molecular flexibility index (Phi) is 6.39. The van der Waals surface area contributed by atoms with Crippen molar-refractivity contribution in [2.75, 3.05) is 13.1 Å². The van der Waals surface area contributed by atoms with Gasteiger partial charge in [-0.05, 0) is 50.2 Å². The summed E-state index contributed by atoms with van der Waals surface area (Å²) in [6.45, 7) is 4.90. The Morgan fingerprint density at radius 2 is 1.79 bits per heavy atom. The van der Waals surface area contributed by atoms with E-state index in [1.165, 1.54) is 17.8 Å². The highest BCUT2D eigenvalue weighted by atomic mass is 79.9. The fourth-order valence-corrected chi connectivity index (χ4v) is 3.37. The largest absolute Gasteiger partial charge is 0.339 e. The number of benzene rings is 2. The van der Waals surface area contributed by atoms with Gasteiger partial charge in [0.15, 0.2) is 0 Å². The van der Waals surface area contributed by atoms with Crippen LogP contribution in [0.15, 0.2) is 56.7 Å². The first-order valence-electron chi connectivity index (χ1n) is 7.47. The summed E-state index contributed by atoms with van der Waals surface area (Å²) in [5.41, 5.74) is 0.284. The predicted molar refractivity (Wildman–Crippen MR) is 98.6 cm³/mol. The molecule has 0 heterocycles. The number of hydrogen-bond donors (Lipinski definition) is 0. The highest BCUT2D eigenvalue weighted by molar-refractivity contribution is 9.10. The Morgan fingerprint density at radius 1 is 1.17 bits per heavy atom. The summed E-state index contributed by atoms with van der Waals surface area (Å²) in [5.74, 6) is -0.191. The van der Waals surface area contributed by atoms with E-state index in [-0.39, 0.29) is 11.6 Å². The molecule has 0 aliphatic rings. The van der Waals surface area contributed by atoms with Gasteiger partial charge in [-0.25, -0.2) is 0 Å². The molecule has 24 heavy (non-hydrogen) atoms. The van der Waals surface area contributed by atoms with Crippen molar-refractivity contribution in [2.24, 2.45) is 0 Å². The maximum absolute atomic E-state index is 12.4. The SMILES string of the molecule is CCN(CC)C(=O)c1ccc(Sc2ccc(Br)cc2)c([N+](=O)[O-])c1. The summed E-state index contributed by atoms with van der Waals surface area (Å²) in [6, 6.07) is 12.2. The lowest BCUT2D eigenvalue weighted by atomic mass is 10.1. The number of hydrogen-bond acceptors (Lipinski definition) is 4. The summed E-state index contributed by atoms with van der Waals surface area (Å²) in [6.07, 6.45) is 0. The van der Waals surface area contributed by atoms with E-state index >= 15 is 0 Å². The van der Waals surface area contributed by atoms with Crippen LogP contribution in [0.25, 0.3) is 0 Å². The molecule has 0 N–H and O–H groups in total. The summed E-state index contributed by atoms with van der Waals surface area (Å²) in [7, 11) is 0. The second-order valence-corrected chi connectivity index (χ2v) is 7.00. The quantitative estimate of drug-likeness (QED) is 0.498. The zero-order chi connectivity index (χ0) is 17.7.